The molecular formula is C6H8Ca2O10P+. The summed E-state index contributed by atoms with van der Waals surface area (Å²) in [7, 11) is -5.39. The van der Waals surface area contributed by atoms with Crippen LogP contribution in [0.1, 0.15) is 0 Å². The Labute approximate surface area is 166 Å². The average molecular weight is 351 g/mol. The second kappa shape index (κ2) is 11.0. The number of hydrogen-bond acceptors (Lipinski definition) is 10. The Morgan fingerprint density at radius 2 is 1.63 bits per heavy atom. The van der Waals surface area contributed by atoms with Gasteiger partial charge in [-0.1, -0.05) is 0 Å². The van der Waals surface area contributed by atoms with E-state index in [9.17, 15) is 4.79 Å². The number of ether oxygens (including phenoxy) is 1. The topological polar surface area (TPSA) is 193 Å². The van der Waals surface area contributed by atoms with Crippen molar-refractivity contribution < 1.29 is 49.2 Å². The summed E-state index contributed by atoms with van der Waals surface area (Å²) in [6, 6.07) is 0. The van der Waals surface area contributed by atoms with E-state index in [1.165, 1.54) is 0 Å². The predicted molar refractivity (Wildman–Crippen MR) is 54.4 cm³/mol. The minimum atomic E-state index is -5.39. The molecule has 0 aromatic heterocycles. The molecular weight excluding hydrogens is 343 g/mol. The predicted octanol–water partition coefficient (Wildman–Crippen LogP) is -4.99. The fourth-order valence-corrected chi connectivity index (χ4v) is 0.823. The Kier molecular flexibility index (Phi) is 14.7. The van der Waals surface area contributed by atoms with Gasteiger partial charge in [0.1, 0.15) is 6.10 Å². The van der Waals surface area contributed by atoms with Crippen LogP contribution in [0.4, 0.5) is 0 Å². The first-order chi connectivity index (χ1) is 7.57. The monoisotopic (exact) mass is 351 g/mol. The average Bonchev–Trinajstić information content (AvgIpc) is 2.42. The van der Waals surface area contributed by atoms with Gasteiger partial charge in [-0.2, -0.15) is 7.82 Å². The van der Waals surface area contributed by atoms with Crippen LogP contribution in [-0.2, 0) is 14.1 Å². The number of hydrogen-bond donors (Lipinski definition) is 4. The summed E-state index contributed by atoms with van der Waals surface area (Å²) in [6.07, 6.45) is -2.78. The standard InChI is InChI=1S/C6H8O6.2Ca.H3O4P/c7-1-2(8)5-3(9)4(10)6(11)12-5;;;1-5(2,3)4/h2,5,7-10H,1H2;;;(H3,1,2,3,4)/q;2*+2;/p-3/t2-,5+;;;/m0.../s1. The quantitative estimate of drug-likeness (QED) is 0.212. The molecule has 0 fully saturated rings. The maximum absolute atomic E-state index is 10.5. The van der Waals surface area contributed by atoms with Gasteiger partial charge in [-0.05, 0) is 0 Å². The summed E-state index contributed by atoms with van der Waals surface area (Å²) in [4.78, 5) is 36.2. The molecule has 0 radical (unpaired) electrons. The maximum Gasteiger partial charge on any atom is 2.00 e. The molecule has 0 saturated heterocycles. The molecule has 0 aromatic rings. The summed E-state index contributed by atoms with van der Waals surface area (Å²) < 4.78 is 12.9. The van der Waals surface area contributed by atoms with Gasteiger partial charge in [0.2, 0.25) is 5.76 Å². The molecule has 0 unspecified atom stereocenters. The van der Waals surface area contributed by atoms with Crippen molar-refractivity contribution in [2.75, 3.05) is 6.61 Å². The summed E-state index contributed by atoms with van der Waals surface area (Å²) in [5.41, 5.74) is 0. The number of carbonyl (C=O) groups is 1. The maximum atomic E-state index is 10.5. The van der Waals surface area contributed by atoms with Crippen LogP contribution in [0.2, 0.25) is 0 Å². The molecule has 0 aliphatic carbocycles. The van der Waals surface area contributed by atoms with Crippen LogP contribution >= 0.6 is 7.82 Å². The molecule has 0 amide bonds. The molecule has 100 valence electrons. The Hall–Kier alpha value is 1.36. The van der Waals surface area contributed by atoms with Crippen molar-refractivity contribution in [3.8, 4) is 0 Å². The Morgan fingerprint density at radius 3 is 1.84 bits per heavy atom. The van der Waals surface area contributed by atoms with E-state index in [0.29, 0.717) is 0 Å². The number of aliphatic hydroxyl groups excluding tert-OH is 4. The number of phosphoric acid groups is 1. The van der Waals surface area contributed by atoms with Crippen molar-refractivity contribution in [2.24, 2.45) is 0 Å². The van der Waals surface area contributed by atoms with Gasteiger partial charge in [0.25, 0.3) is 0 Å². The SMILES string of the molecule is O=C1O[C@H]([C@@H](O)CO)C(O)=C1O.O=P([O-])([O-])[O-].[Ca+2].[Ca+2]. The van der Waals surface area contributed by atoms with Crippen LogP contribution in [-0.4, -0.2) is 121 Å². The van der Waals surface area contributed by atoms with Crippen molar-refractivity contribution in [3.63, 3.8) is 0 Å². The van der Waals surface area contributed by atoms with Crippen LogP contribution < -0.4 is 14.7 Å². The largest absolute Gasteiger partial charge is 2.00 e. The van der Waals surface area contributed by atoms with Crippen molar-refractivity contribution in [1.29, 1.82) is 0 Å². The molecule has 1 rings (SSSR count). The molecule has 1 aliphatic rings. The van der Waals surface area contributed by atoms with Crippen molar-refractivity contribution in [3.05, 3.63) is 11.5 Å². The van der Waals surface area contributed by atoms with Gasteiger partial charge in [-0.3, -0.25) is 0 Å². The molecule has 0 bridgehead atoms. The van der Waals surface area contributed by atoms with Crippen molar-refractivity contribution in [1.82, 2.24) is 0 Å². The summed E-state index contributed by atoms with van der Waals surface area (Å²) in [6.45, 7) is -0.671. The van der Waals surface area contributed by atoms with Gasteiger partial charge in [-0.15, -0.1) is 0 Å². The van der Waals surface area contributed by atoms with E-state index in [0.717, 1.165) is 0 Å². The second-order valence-electron chi connectivity index (χ2n) is 2.76. The van der Waals surface area contributed by atoms with Crippen LogP contribution in [0, 0.1) is 0 Å². The summed E-state index contributed by atoms with van der Waals surface area (Å²) >= 11 is 0. The van der Waals surface area contributed by atoms with E-state index in [1.807, 2.05) is 0 Å². The fraction of sp³-hybridized carbons (Fsp3) is 0.500. The molecule has 2 atom stereocenters. The molecule has 19 heavy (non-hydrogen) atoms. The smallest absolute Gasteiger partial charge is 0.822 e. The van der Waals surface area contributed by atoms with Gasteiger partial charge in [0, 0.05) is 0 Å². The molecule has 4 N–H and O–H groups in total. The number of carbonyl (C=O) groups excluding carboxylic acids is 1. The number of cyclic esters (lactones) is 1. The van der Waals surface area contributed by atoms with Crippen molar-refractivity contribution in [2.45, 2.75) is 12.2 Å². The van der Waals surface area contributed by atoms with Gasteiger partial charge < -0.3 is 44.4 Å². The van der Waals surface area contributed by atoms with E-state index in [-0.39, 0.29) is 75.5 Å². The Bertz CT molecular complexity index is 357. The van der Waals surface area contributed by atoms with Gasteiger partial charge in [0.05, 0.1) is 6.61 Å². The first-order valence-corrected chi connectivity index (χ1v) is 5.39. The Balaban J connectivity index is -0.000000320. The van der Waals surface area contributed by atoms with Crippen LogP contribution in [0.3, 0.4) is 0 Å². The zero-order valence-corrected chi connectivity index (χ0v) is 14.8. The Morgan fingerprint density at radius 1 is 1.26 bits per heavy atom. The molecule has 1 aliphatic heterocycles. The minimum absolute atomic E-state index is 0. The number of aliphatic hydroxyl groups is 4. The van der Waals surface area contributed by atoms with Crippen LogP contribution in [0.25, 0.3) is 0 Å². The second-order valence-corrected chi connectivity index (χ2v) is 3.65. The normalized spacial score (nSPS) is 19.4. The molecule has 1 heterocycles. The fourth-order valence-electron chi connectivity index (χ4n) is 0.823. The van der Waals surface area contributed by atoms with E-state index < -0.39 is 44.1 Å². The minimum Gasteiger partial charge on any atom is -0.822 e. The van der Waals surface area contributed by atoms with Gasteiger partial charge in [0.15, 0.2) is 11.9 Å². The molecule has 10 nitrogen and oxygen atoms in total. The zero-order valence-electron chi connectivity index (χ0n) is 9.46. The van der Waals surface area contributed by atoms with E-state index >= 15 is 0 Å². The molecule has 0 spiro atoms. The molecule has 0 saturated carbocycles. The molecule has 0 aromatic carbocycles. The first kappa shape index (κ1) is 25.3. The van der Waals surface area contributed by atoms with Crippen LogP contribution in [0.15, 0.2) is 11.5 Å². The summed E-state index contributed by atoms with van der Waals surface area (Å²) in [5, 5.41) is 35.0. The third-order valence-electron chi connectivity index (χ3n) is 1.48. The zero-order chi connectivity index (χ0) is 13.8. The third-order valence-corrected chi connectivity index (χ3v) is 1.48. The number of rotatable bonds is 2. The van der Waals surface area contributed by atoms with Gasteiger partial charge in [-0.25, -0.2) is 4.79 Å². The van der Waals surface area contributed by atoms with Crippen LogP contribution in [0.5, 0.6) is 0 Å². The first-order valence-electron chi connectivity index (χ1n) is 3.93. The van der Waals surface area contributed by atoms with E-state index in [4.69, 9.17) is 39.7 Å². The van der Waals surface area contributed by atoms with E-state index in [2.05, 4.69) is 4.74 Å². The van der Waals surface area contributed by atoms with Crippen molar-refractivity contribution >= 4 is 89.3 Å². The van der Waals surface area contributed by atoms with Gasteiger partial charge >= 0.3 is 81.4 Å². The molecule has 13 heteroatoms. The third kappa shape index (κ3) is 10.7. The summed E-state index contributed by atoms with van der Waals surface area (Å²) in [5.74, 6) is -2.78. The van der Waals surface area contributed by atoms with E-state index in [1.54, 1.807) is 0 Å². The number of esters is 1.